The molecule has 0 radical (unpaired) electrons. The Balaban J connectivity index is 1.57. The summed E-state index contributed by atoms with van der Waals surface area (Å²) in [5.74, 6) is 0.0643. The average molecular weight is 377 g/mol. The highest BCUT2D eigenvalue weighted by molar-refractivity contribution is 5.77. The second kappa shape index (κ2) is 9.21. The Hall–Kier alpha value is -2.09. The molecule has 3 heterocycles. The summed E-state index contributed by atoms with van der Waals surface area (Å²) in [4.78, 5) is 33.2. The van der Waals surface area contributed by atoms with Gasteiger partial charge in [0.15, 0.2) is 0 Å². The second-order valence-corrected chi connectivity index (χ2v) is 7.76. The van der Waals surface area contributed by atoms with E-state index in [2.05, 4.69) is 10.00 Å². The molecule has 0 N–H and O–H groups in total. The normalized spacial score (nSPS) is 20.7. The molecule has 2 aliphatic rings. The zero-order chi connectivity index (χ0) is 19.2. The van der Waals surface area contributed by atoms with Crippen LogP contribution in [0.25, 0.3) is 0 Å². The highest BCUT2D eigenvalue weighted by atomic mass is 16.2. The van der Waals surface area contributed by atoms with Crippen molar-refractivity contribution >= 4 is 11.9 Å². The van der Waals surface area contributed by atoms with E-state index in [9.17, 15) is 9.59 Å². The number of piperidine rings is 1. The van der Waals surface area contributed by atoms with E-state index in [0.29, 0.717) is 13.1 Å². The third-order valence-electron chi connectivity index (χ3n) is 5.55. The molecule has 2 saturated heterocycles. The lowest BCUT2D eigenvalue weighted by Gasteiger charge is -2.34. The maximum absolute atomic E-state index is 12.8. The molecule has 1 atom stereocenters. The van der Waals surface area contributed by atoms with Crippen molar-refractivity contribution in [3.05, 3.63) is 18.5 Å². The fourth-order valence-electron chi connectivity index (χ4n) is 3.98. The zero-order valence-corrected chi connectivity index (χ0v) is 16.6. The second-order valence-electron chi connectivity index (χ2n) is 7.76. The van der Waals surface area contributed by atoms with Gasteiger partial charge in [-0.05, 0) is 38.4 Å². The van der Waals surface area contributed by atoms with Crippen LogP contribution >= 0.6 is 0 Å². The van der Waals surface area contributed by atoms with Gasteiger partial charge >= 0.3 is 6.03 Å². The van der Waals surface area contributed by atoms with E-state index in [-0.39, 0.29) is 24.5 Å². The largest absolute Gasteiger partial charge is 0.339 e. The first-order chi connectivity index (χ1) is 13.0. The van der Waals surface area contributed by atoms with Crippen molar-refractivity contribution in [2.24, 2.45) is 0 Å². The molecule has 1 aromatic rings. The molecule has 27 heavy (non-hydrogen) atoms. The van der Waals surface area contributed by atoms with E-state index >= 15 is 0 Å². The number of urea groups is 1. The van der Waals surface area contributed by atoms with E-state index in [1.165, 1.54) is 19.3 Å². The summed E-state index contributed by atoms with van der Waals surface area (Å²) in [5.41, 5.74) is 0. The number of likely N-dealkylation sites (tertiary alicyclic amines) is 2. The summed E-state index contributed by atoms with van der Waals surface area (Å²) >= 11 is 0. The molecule has 8 heteroatoms. The molecule has 8 nitrogen and oxygen atoms in total. The summed E-state index contributed by atoms with van der Waals surface area (Å²) in [6.45, 7) is 5.47. The SMILES string of the molecule is CN(C)C(=O)N(CCN1CCCCC1)C1CCN(C(=O)Cn2cccn2)C1. The molecule has 2 aliphatic heterocycles. The Morgan fingerprint density at radius 3 is 2.59 bits per heavy atom. The van der Waals surface area contributed by atoms with Crippen LogP contribution in [0.2, 0.25) is 0 Å². The lowest BCUT2D eigenvalue weighted by atomic mass is 10.1. The van der Waals surface area contributed by atoms with Crippen LogP contribution in [0.5, 0.6) is 0 Å². The Kier molecular flexibility index (Phi) is 6.71. The molecule has 0 spiro atoms. The molecular weight excluding hydrogens is 344 g/mol. The van der Waals surface area contributed by atoms with Crippen molar-refractivity contribution in [1.29, 1.82) is 0 Å². The van der Waals surface area contributed by atoms with Crippen LogP contribution in [0.3, 0.4) is 0 Å². The number of carbonyl (C=O) groups is 2. The minimum atomic E-state index is 0.0402. The summed E-state index contributed by atoms with van der Waals surface area (Å²) in [5, 5.41) is 4.11. The molecule has 3 amide bonds. The predicted molar refractivity (Wildman–Crippen MR) is 103 cm³/mol. The number of hydrogen-bond acceptors (Lipinski definition) is 4. The number of carbonyl (C=O) groups excluding carboxylic acids is 2. The van der Waals surface area contributed by atoms with Crippen LogP contribution in [0, 0.1) is 0 Å². The van der Waals surface area contributed by atoms with Crippen molar-refractivity contribution in [1.82, 2.24) is 29.4 Å². The minimum Gasteiger partial charge on any atom is -0.339 e. The molecule has 0 bridgehead atoms. The summed E-state index contributed by atoms with van der Waals surface area (Å²) in [7, 11) is 3.59. The highest BCUT2D eigenvalue weighted by Gasteiger charge is 2.33. The van der Waals surface area contributed by atoms with Crippen molar-refractivity contribution in [2.75, 3.05) is 53.4 Å². The van der Waals surface area contributed by atoms with E-state index in [1.807, 2.05) is 15.9 Å². The average Bonchev–Trinajstić information content (AvgIpc) is 3.34. The standard InChI is InChI=1S/C19H32N6O2/c1-21(2)19(27)25(14-13-22-9-4-3-5-10-22)17-7-12-23(15-17)18(26)16-24-11-6-8-20-24/h6,8,11,17H,3-5,7,9-10,12-16H2,1-2H3. The highest BCUT2D eigenvalue weighted by Crippen LogP contribution is 2.18. The number of rotatable bonds is 6. The molecule has 0 aromatic carbocycles. The maximum atomic E-state index is 12.8. The monoisotopic (exact) mass is 376 g/mol. The third-order valence-corrected chi connectivity index (χ3v) is 5.55. The van der Waals surface area contributed by atoms with Gasteiger partial charge in [0.1, 0.15) is 6.54 Å². The van der Waals surface area contributed by atoms with Crippen LogP contribution < -0.4 is 0 Å². The first-order valence-corrected chi connectivity index (χ1v) is 10.00. The van der Waals surface area contributed by atoms with Gasteiger partial charge in [-0.3, -0.25) is 9.48 Å². The lowest BCUT2D eigenvalue weighted by molar-refractivity contribution is -0.131. The fourth-order valence-corrected chi connectivity index (χ4v) is 3.98. The van der Waals surface area contributed by atoms with Gasteiger partial charge in [0.25, 0.3) is 0 Å². The number of aromatic nitrogens is 2. The topological polar surface area (TPSA) is 64.9 Å². The molecule has 3 rings (SSSR count). The van der Waals surface area contributed by atoms with Crippen molar-refractivity contribution in [3.63, 3.8) is 0 Å². The van der Waals surface area contributed by atoms with Gasteiger partial charge < -0.3 is 19.6 Å². The van der Waals surface area contributed by atoms with Gasteiger partial charge in [0.2, 0.25) is 5.91 Å². The van der Waals surface area contributed by atoms with Crippen LogP contribution in [0.15, 0.2) is 18.5 Å². The first-order valence-electron chi connectivity index (χ1n) is 10.00. The summed E-state index contributed by atoms with van der Waals surface area (Å²) < 4.78 is 1.65. The summed E-state index contributed by atoms with van der Waals surface area (Å²) in [6.07, 6.45) is 8.13. The smallest absolute Gasteiger partial charge is 0.319 e. The van der Waals surface area contributed by atoms with Crippen LogP contribution in [0.1, 0.15) is 25.7 Å². The van der Waals surface area contributed by atoms with E-state index in [1.54, 1.807) is 36.1 Å². The van der Waals surface area contributed by atoms with Crippen molar-refractivity contribution < 1.29 is 9.59 Å². The predicted octanol–water partition coefficient (Wildman–Crippen LogP) is 0.954. The molecule has 1 unspecified atom stereocenters. The zero-order valence-electron chi connectivity index (χ0n) is 16.6. The van der Waals surface area contributed by atoms with Gasteiger partial charge in [-0.1, -0.05) is 6.42 Å². The minimum absolute atomic E-state index is 0.0402. The molecule has 150 valence electrons. The molecule has 0 aliphatic carbocycles. The van der Waals surface area contributed by atoms with Crippen molar-refractivity contribution in [3.8, 4) is 0 Å². The van der Waals surface area contributed by atoms with Gasteiger partial charge in [-0.25, -0.2) is 4.79 Å². The maximum Gasteiger partial charge on any atom is 0.319 e. The first kappa shape index (κ1) is 19.7. The van der Waals surface area contributed by atoms with E-state index in [4.69, 9.17) is 0 Å². The number of amides is 3. The number of hydrogen-bond donors (Lipinski definition) is 0. The van der Waals surface area contributed by atoms with Gasteiger partial charge in [-0.15, -0.1) is 0 Å². The van der Waals surface area contributed by atoms with Crippen LogP contribution in [0.4, 0.5) is 4.79 Å². The molecule has 0 saturated carbocycles. The molecular formula is C19H32N6O2. The van der Waals surface area contributed by atoms with Crippen LogP contribution in [-0.2, 0) is 11.3 Å². The Labute approximate surface area is 161 Å². The van der Waals surface area contributed by atoms with Gasteiger partial charge in [-0.2, -0.15) is 5.10 Å². The fraction of sp³-hybridized carbons (Fsp3) is 0.737. The molecule has 2 fully saturated rings. The van der Waals surface area contributed by atoms with Gasteiger partial charge in [0, 0.05) is 52.7 Å². The third kappa shape index (κ3) is 5.22. The Morgan fingerprint density at radius 1 is 1.15 bits per heavy atom. The van der Waals surface area contributed by atoms with E-state index in [0.717, 1.165) is 32.6 Å². The van der Waals surface area contributed by atoms with Crippen LogP contribution in [-0.4, -0.2) is 101 Å². The van der Waals surface area contributed by atoms with Gasteiger partial charge in [0.05, 0.1) is 6.04 Å². The molecule has 1 aromatic heterocycles. The van der Waals surface area contributed by atoms with Crippen molar-refractivity contribution in [2.45, 2.75) is 38.3 Å². The quantitative estimate of drug-likeness (QED) is 0.742. The van der Waals surface area contributed by atoms with E-state index < -0.39 is 0 Å². The Bertz CT molecular complexity index is 612. The summed E-state index contributed by atoms with van der Waals surface area (Å²) in [6, 6.07) is 1.95. The Morgan fingerprint density at radius 2 is 1.93 bits per heavy atom. The number of nitrogens with zero attached hydrogens (tertiary/aromatic N) is 6. The lowest BCUT2D eigenvalue weighted by Crippen LogP contribution is -2.50.